The summed E-state index contributed by atoms with van der Waals surface area (Å²) < 4.78 is 14.9. The first-order valence-corrected chi connectivity index (χ1v) is 11.7. The fourth-order valence-electron chi connectivity index (χ4n) is 4.29. The van der Waals surface area contributed by atoms with Crippen LogP contribution >= 0.6 is 11.3 Å². The normalized spacial score (nSPS) is 16.0. The lowest BCUT2D eigenvalue weighted by Gasteiger charge is -2.40. The number of anilines is 1. The number of thiazole rings is 1. The van der Waals surface area contributed by atoms with E-state index in [9.17, 15) is 9.50 Å². The third-order valence-electron chi connectivity index (χ3n) is 6.07. The molecule has 1 saturated heterocycles. The SMILES string of the molecule is CCc1nc2sc(C(c3ccc(C)cc3)N3CCN(c4ccc(F)cc4)CC3)c(O)n2n1. The molecule has 32 heavy (non-hydrogen) atoms. The van der Waals surface area contributed by atoms with E-state index in [1.807, 2.05) is 19.1 Å². The molecule has 0 bridgehead atoms. The highest BCUT2D eigenvalue weighted by molar-refractivity contribution is 7.17. The Morgan fingerprint density at radius 3 is 2.34 bits per heavy atom. The van der Waals surface area contributed by atoms with Crippen molar-refractivity contribution in [3.63, 3.8) is 0 Å². The number of rotatable bonds is 5. The molecule has 6 nitrogen and oxygen atoms in total. The van der Waals surface area contributed by atoms with E-state index in [1.54, 1.807) is 4.52 Å². The second-order valence-corrected chi connectivity index (χ2v) is 9.19. The van der Waals surface area contributed by atoms with Crippen molar-refractivity contribution in [1.82, 2.24) is 19.5 Å². The van der Waals surface area contributed by atoms with E-state index in [0.717, 1.165) is 59.5 Å². The monoisotopic (exact) mass is 451 g/mol. The Bertz CT molecular complexity index is 1210. The Morgan fingerprint density at radius 1 is 1.03 bits per heavy atom. The van der Waals surface area contributed by atoms with Crippen LogP contribution in [-0.4, -0.2) is 50.8 Å². The van der Waals surface area contributed by atoms with Gasteiger partial charge in [0.15, 0.2) is 5.82 Å². The number of aromatic hydroxyl groups is 1. The van der Waals surface area contributed by atoms with Gasteiger partial charge in [-0.3, -0.25) is 4.90 Å². The largest absolute Gasteiger partial charge is 0.492 e. The van der Waals surface area contributed by atoms with Gasteiger partial charge in [0.25, 0.3) is 0 Å². The van der Waals surface area contributed by atoms with Crippen LogP contribution in [0.15, 0.2) is 48.5 Å². The molecule has 1 aliphatic rings. The van der Waals surface area contributed by atoms with E-state index in [-0.39, 0.29) is 17.7 Å². The predicted octanol–water partition coefficient (Wildman–Crippen LogP) is 4.42. The number of hydrogen-bond donors (Lipinski definition) is 1. The van der Waals surface area contributed by atoms with Gasteiger partial charge < -0.3 is 10.0 Å². The van der Waals surface area contributed by atoms with Crippen LogP contribution in [0.3, 0.4) is 0 Å². The van der Waals surface area contributed by atoms with Crippen LogP contribution in [0.25, 0.3) is 4.96 Å². The van der Waals surface area contributed by atoms with E-state index >= 15 is 0 Å². The second kappa shape index (κ2) is 8.52. The Balaban J connectivity index is 1.46. The standard InChI is InChI=1S/C24H26FN5OS/c1-3-20-26-24-30(27-20)23(31)22(32-24)21(17-6-4-16(2)5-7-17)29-14-12-28(13-15-29)19-10-8-18(25)9-11-19/h4-11,21,31H,3,12-15H2,1-2H3. The Morgan fingerprint density at radius 2 is 1.72 bits per heavy atom. The van der Waals surface area contributed by atoms with E-state index in [2.05, 4.69) is 51.1 Å². The van der Waals surface area contributed by atoms with Crippen LogP contribution in [-0.2, 0) is 6.42 Å². The van der Waals surface area contributed by atoms with Crippen molar-refractivity contribution in [2.75, 3.05) is 31.1 Å². The molecule has 166 valence electrons. The molecule has 1 fully saturated rings. The summed E-state index contributed by atoms with van der Waals surface area (Å²) in [6.45, 7) is 7.39. The molecule has 2 aromatic heterocycles. The van der Waals surface area contributed by atoms with Gasteiger partial charge in [-0.2, -0.15) is 4.52 Å². The molecule has 0 saturated carbocycles. The van der Waals surface area contributed by atoms with Crippen molar-refractivity contribution in [2.24, 2.45) is 0 Å². The average molecular weight is 452 g/mol. The fraction of sp³-hybridized carbons (Fsp3) is 0.333. The molecular weight excluding hydrogens is 425 g/mol. The van der Waals surface area contributed by atoms with Crippen molar-refractivity contribution in [3.8, 4) is 5.88 Å². The first-order valence-electron chi connectivity index (χ1n) is 10.9. The number of halogens is 1. The zero-order valence-electron chi connectivity index (χ0n) is 18.2. The summed E-state index contributed by atoms with van der Waals surface area (Å²) in [5, 5.41) is 15.5. The minimum atomic E-state index is -0.218. The highest BCUT2D eigenvalue weighted by atomic mass is 32.1. The van der Waals surface area contributed by atoms with E-state index in [1.165, 1.54) is 29.0 Å². The van der Waals surface area contributed by atoms with Crippen molar-refractivity contribution < 1.29 is 9.50 Å². The Kier molecular flexibility index (Phi) is 5.57. The highest BCUT2D eigenvalue weighted by Gasteiger charge is 2.31. The molecule has 8 heteroatoms. The molecule has 1 unspecified atom stereocenters. The average Bonchev–Trinajstić information content (AvgIpc) is 3.35. The minimum absolute atomic E-state index is 0.0791. The van der Waals surface area contributed by atoms with Crippen LogP contribution in [0, 0.1) is 12.7 Å². The van der Waals surface area contributed by atoms with Crippen molar-refractivity contribution in [3.05, 3.63) is 76.2 Å². The Hall–Kier alpha value is -2.97. The van der Waals surface area contributed by atoms with Gasteiger partial charge in [-0.1, -0.05) is 48.1 Å². The van der Waals surface area contributed by atoms with E-state index in [4.69, 9.17) is 0 Å². The lowest BCUT2D eigenvalue weighted by molar-refractivity contribution is 0.211. The number of piperazine rings is 1. The number of nitrogens with zero attached hydrogens (tertiary/aromatic N) is 5. The molecule has 5 rings (SSSR count). The first kappa shape index (κ1) is 20.9. The summed E-state index contributed by atoms with van der Waals surface area (Å²) in [7, 11) is 0. The summed E-state index contributed by atoms with van der Waals surface area (Å²) in [6, 6.07) is 15.1. The lowest BCUT2D eigenvalue weighted by atomic mass is 10.0. The van der Waals surface area contributed by atoms with Gasteiger partial charge in [0, 0.05) is 38.3 Å². The first-order chi connectivity index (χ1) is 15.5. The Labute approximate surface area is 190 Å². The summed E-state index contributed by atoms with van der Waals surface area (Å²) in [5.74, 6) is 0.687. The van der Waals surface area contributed by atoms with Gasteiger partial charge in [0.05, 0.1) is 10.9 Å². The molecule has 2 aromatic carbocycles. The van der Waals surface area contributed by atoms with Gasteiger partial charge in [0.2, 0.25) is 10.8 Å². The van der Waals surface area contributed by atoms with Gasteiger partial charge in [0.1, 0.15) is 5.82 Å². The maximum atomic E-state index is 13.3. The third kappa shape index (κ3) is 3.84. The molecule has 0 aliphatic carbocycles. The topological polar surface area (TPSA) is 56.9 Å². The number of aromatic nitrogens is 3. The number of aryl methyl sites for hydroxylation is 2. The molecule has 1 N–H and O–H groups in total. The third-order valence-corrected chi connectivity index (χ3v) is 7.14. The van der Waals surface area contributed by atoms with Crippen LogP contribution in [0.5, 0.6) is 5.88 Å². The summed E-state index contributed by atoms with van der Waals surface area (Å²) >= 11 is 1.50. The highest BCUT2D eigenvalue weighted by Crippen LogP contribution is 2.40. The number of hydrogen-bond acceptors (Lipinski definition) is 6. The second-order valence-electron chi connectivity index (χ2n) is 8.18. The fourth-order valence-corrected chi connectivity index (χ4v) is 5.42. The molecule has 4 aromatic rings. The van der Waals surface area contributed by atoms with Gasteiger partial charge in [-0.25, -0.2) is 9.37 Å². The molecule has 0 amide bonds. The molecule has 3 heterocycles. The number of benzene rings is 2. The maximum absolute atomic E-state index is 13.3. The van der Waals surface area contributed by atoms with Gasteiger partial charge in [-0.05, 0) is 36.8 Å². The molecule has 1 aliphatic heterocycles. The van der Waals surface area contributed by atoms with Crippen LogP contribution in [0.4, 0.5) is 10.1 Å². The lowest BCUT2D eigenvalue weighted by Crippen LogP contribution is -2.47. The smallest absolute Gasteiger partial charge is 0.230 e. The zero-order valence-corrected chi connectivity index (χ0v) is 19.0. The van der Waals surface area contributed by atoms with Crippen molar-refractivity contribution in [2.45, 2.75) is 26.3 Å². The van der Waals surface area contributed by atoms with Crippen LogP contribution in [0.1, 0.15) is 34.8 Å². The molecule has 0 radical (unpaired) electrons. The minimum Gasteiger partial charge on any atom is -0.492 e. The summed E-state index contributed by atoms with van der Waals surface area (Å²) in [5.41, 5.74) is 3.38. The summed E-state index contributed by atoms with van der Waals surface area (Å²) in [6.07, 6.45) is 0.732. The van der Waals surface area contributed by atoms with E-state index in [0.29, 0.717) is 0 Å². The maximum Gasteiger partial charge on any atom is 0.230 e. The van der Waals surface area contributed by atoms with Gasteiger partial charge in [-0.15, -0.1) is 5.10 Å². The van der Waals surface area contributed by atoms with Crippen molar-refractivity contribution in [1.29, 1.82) is 0 Å². The van der Waals surface area contributed by atoms with Crippen LogP contribution in [0.2, 0.25) is 0 Å². The van der Waals surface area contributed by atoms with Crippen molar-refractivity contribution >= 4 is 22.0 Å². The molecule has 1 atom stereocenters. The molecular formula is C24H26FN5OS. The summed E-state index contributed by atoms with van der Waals surface area (Å²) in [4.78, 5) is 10.8. The number of fused-ring (bicyclic) bond motifs is 1. The van der Waals surface area contributed by atoms with E-state index < -0.39 is 0 Å². The molecule has 0 spiro atoms. The van der Waals surface area contributed by atoms with Gasteiger partial charge >= 0.3 is 0 Å². The van der Waals surface area contributed by atoms with Crippen LogP contribution < -0.4 is 4.90 Å². The zero-order chi connectivity index (χ0) is 22.2. The quantitative estimate of drug-likeness (QED) is 0.487. The predicted molar refractivity (Wildman–Crippen MR) is 125 cm³/mol.